The summed E-state index contributed by atoms with van der Waals surface area (Å²) in [4.78, 5) is 2.25. The molecule has 3 nitrogen and oxygen atoms in total. The molecule has 0 radical (unpaired) electrons. The van der Waals surface area contributed by atoms with E-state index in [0.29, 0.717) is 13.2 Å². The van der Waals surface area contributed by atoms with E-state index in [-0.39, 0.29) is 0 Å². The molecule has 3 heteroatoms. The van der Waals surface area contributed by atoms with Crippen molar-refractivity contribution in [3.8, 4) is 5.75 Å². The van der Waals surface area contributed by atoms with Gasteiger partial charge in [0.25, 0.3) is 0 Å². The predicted octanol–water partition coefficient (Wildman–Crippen LogP) is 3.17. The Labute approximate surface area is 123 Å². The first-order valence-corrected chi connectivity index (χ1v) is 7.46. The predicted molar refractivity (Wildman–Crippen MR) is 84.4 cm³/mol. The molecule has 1 N–H and O–H groups in total. The summed E-state index contributed by atoms with van der Waals surface area (Å²) in [7, 11) is 0. The SMILES string of the molecule is CCN(CCCOc1cc(C)cc(C)c1)CC(C)(C)O. The molecule has 1 aromatic rings. The Morgan fingerprint density at radius 3 is 2.25 bits per heavy atom. The number of aliphatic hydroxyl groups is 1. The Hall–Kier alpha value is -1.06. The summed E-state index contributed by atoms with van der Waals surface area (Å²) in [5, 5.41) is 9.84. The highest BCUT2D eigenvalue weighted by Crippen LogP contribution is 2.16. The van der Waals surface area contributed by atoms with E-state index in [1.807, 2.05) is 13.8 Å². The lowest BCUT2D eigenvalue weighted by molar-refractivity contribution is 0.0364. The summed E-state index contributed by atoms with van der Waals surface area (Å²) in [6, 6.07) is 6.29. The van der Waals surface area contributed by atoms with Gasteiger partial charge in [-0.25, -0.2) is 0 Å². The van der Waals surface area contributed by atoms with Crippen LogP contribution in [0.1, 0.15) is 38.3 Å². The molecule has 0 atom stereocenters. The van der Waals surface area contributed by atoms with Gasteiger partial charge in [0.1, 0.15) is 5.75 Å². The van der Waals surface area contributed by atoms with Crippen LogP contribution in [0.3, 0.4) is 0 Å². The van der Waals surface area contributed by atoms with Crippen LogP contribution >= 0.6 is 0 Å². The van der Waals surface area contributed by atoms with Gasteiger partial charge in [0.15, 0.2) is 0 Å². The molecule has 0 saturated heterocycles. The molecule has 0 saturated carbocycles. The van der Waals surface area contributed by atoms with Gasteiger partial charge in [-0.15, -0.1) is 0 Å². The van der Waals surface area contributed by atoms with E-state index in [4.69, 9.17) is 4.74 Å². The largest absolute Gasteiger partial charge is 0.494 e. The van der Waals surface area contributed by atoms with Crippen molar-refractivity contribution < 1.29 is 9.84 Å². The quantitative estimate of drug-likeness (QED) is 0.742. The fraction of sp³-hybridized carbons (Fsp3) is 0.647. The molecule has 0 fully saturated rings. The number of nitrogens with zero attached hydrogens (tertiary/aromatic N) is 1. The zero-order chi connectivity index (χ0) is 15.2. The lowest BCUT2D eigenvalue weighted by Crippen LogP contribution is -2.39. The van der Waals surface area contributed by atoms with Crippen LogP contribution in [0.4, 0.5) is 0 Å². The molecule has 0 unspecified atom stereocenters. The maximum Gasteiger partial charge on any atom is 0.119 e. The van der Waals surface area contributed by atoms with Gasteiger partial charge in [0, 0.05) is 13.1 Å². The second kappa shape index (κ2) is 7.65. The Bertz CT molecular complexity index is 390. The highest BCUT2D eigenvalue weighted by atomic mass is 16.5. The number of benzene rings is 1. The molecule has 20 heavy (non-hydrogen) atoms. The third-order valence-electron chi connectivity index (χ3n) is 3.14. The molecule has 0 bridgehead atoms. The van der Waals surface area contributed by atoms with Gasteiger partial charge in [0.2, 0.25) is 0 Å². The maximum atomic E-state index is 9.84. The van der Waals surface area contributed by atoms with Crippen molar-refractivity contribution >= 4 is 0 Å². The minimum Gasteiger partial charge on any atom is -0.494 e. The highest BCUT2D eigenvalue weighted by molar-refractivity contribution is 5.32. The lowest BCUT2D eigenvalue weighted by atomic mass is 10.1. The van der Waals surface area contributed by atoms with Crippen LogP contribution in [0.2, 0.25) is 0 Å². The first-order chi connectivity index (χ1) is 9.30. The van der Waals surface area contributed by atoms with Crippen molar-refractivity contribution in [3.63, 3.8) is 0 Å². The average Bonchev–Trinajstić information content (AvgIpc) is 2.30. The minimum absolute atomic E-state index is 0.634. The zero-order valence-electron chi connectivity index (χ0n) is 13.6. The number of likely N-dealkylation sites (N-methyl/N-ethyl adjacent to an activating group) is 1. The summed E-state index contributed by atoms with van der Waals surface area (Å²) in [6.45, 7) is 13.3. The van der Waals surface area contributed by atoms with Gasteiger partial charge < -0.3 is 14.7 Å². The van der Waals surface area contributed by atoms with Crippen molar-refractivity contribution in [1.29, 1.82) is 0 Å². The second-order valence-electron chi connectivity index (χ2n) is 6.21. The molecule has 1 aromatic carbocycles. The van der Waals surface area contributed by atoms with Crippen LogP contribution in [0.25, 0.3) is 0 Å². The van der Waals surface area contributed by atoms with Crippen LogP contribution in [0.15, 0.2) is 18.2 Å². The zero-order valence-corrected chi connectivity index (χ0v) is 13.6. The van der Waals surface area contributed by atoms with Gasteiger partial charge >= 0.3 is 0 Å². The van der Waals surface area contributed by atoms with E-state index < -0.39 is 5.60 Å². The van der Waals surface area contributed by atoms with Crippen molar-refractivity contribution in [2.24, 2.45) is 0 Å². The van der Waals surface area contributed by atoms with Crippen LogP contribution in [-0.4, -0.2) is 41.8 Å². The summed E-state index contributed by atoms with van der Waals surface area (Å²) in [6.07, 6.45) is 0.969. The molecule has 0 aliphatic heterocycles. The Morgan fingerprint density at radius 2 is 1.75 bits per heavy atom. The third kappa shape index (κ3) is 6.92. The average molecular weight is 279 g/mol. The van der Waals surface area contributed by atoms with Crippen LogP contribution in [0, 0.1) is 13.8 Å². The fourth-order valence-electron chi connectivity index (χ4n) is 2.39. The summed E-state index contributed by atoms with van der Waals surface area (Å²) in [5.74, 6) is 0.952. The van der Waals surface area contributed by atoms with Crippen molar-refractivity contribution in [2.45, 2.75) is 46.6 Å². The monoisotopic (exact) mass is 279 g/mol. The number of ether oxygens (including phenoxy) is 1. The molecule has 0 heterocycles. The minimum atomic E-state index is -0.634. The summed E-state index contributed by atoms with van der Waals surface area (Å²) in [5.41, 5.74) is 1.83. The van der Waals surface area contributed by atoms with Gasteiger partial charge in [-0.05, 0) is 63.9 Å². The molecular formula is C17H29NO2. The Morgan fingerprint density at radius 1 is 1.15 bits per heavy atom. The second-order valence-corrected chi connectivity index (χ2v) is 6.21. The van der Waals surface area contributed by atoms with E-state index in [1.54, 1.807) is 0 Å². The van der Waals surface area contributed by atoms with E-state index >= 15 is 0 Å². The van der Waals surface area contributed by atoms with E-state index in [1.165, 1.54) is 11.1 Å². The standard InChI is InChI=1S/C17H29NO2/c1-6-18(13-17(4,5)19)8-7-9-20-16-11-14(2)10-15(3)12-16/h10-12,19H,6-9,13H2,1-5H3. The van der Waals surface area contributed by atoms with Crippen LogP contribution in [0.5, 0.6) is 5.75 Å². The van der Waals surface area contributed by atoms with Crippen molar-refractivity contribution in [3.05, 3.63) is 29.3 Å². The van der Waals surface area contributed by atoms with Gasteiger partial charge in [-0.3, -0.25) is 0 Å². The lowest BCUT2D eigenvalue weighted by Gasteiger charge is -2.27. The molecule has 0 amide bonds. The van der Waals surface area contributed by atoms with E-state index in [2.05, 4.69) is 43.9 Å². The van der Waals surface area contributed by atoms with Gasteiger partial charge in [0.05, 0.1) is 12.2 Å². The van der Waals surface area contributed by atoms with E-state index in [0.717, 1.165) is 25.3 Å². The number of hydrogen-bond acceptors (Lipinski definition) is 3. The molecule has 1 rings (SSSR count). The molecule has 0 aliphatic carbocycles. The van der Waals surface area contributed by atoms with Gasteiger partial charge in [-0.1, -0.05) is 13.0 Å². The summed E-state index contributed by atoms with van der Waals surface area (Å²) < 4.78 is 5.80. The topological polar surface area (TPSA) is 32.7 Å². The van der Waals surface area contributed by atoms with Crippen molar-refractivity contribution in [1.82, 2.24) is 4.90 Å². The molecule has 0 spiro atoms. The maximum absolute atomic E-state index is 9.84. The van der Waals surface area contributed by atoms with Crippen LogP contribution in [-0.2, 0) is 0 Å². The third-order valence-corrected chi connectivity index (χ3v) is 3.14. The normalized spacial score (nSPS) is 11.9. The summed E-state index contributed by atoms with van der Waals surface area (Å²) >= 11 is 0. The highest BCUT2D eigenvalue weighted by Gasteiger charge is 2.16. The molecular weight excluding hydrogens is 250 g/mol. The number of hydrogen-bond donors (Lipinski definition) is 1. The number of aryl methyl sites for hydroxylation is 2. The van der Waals surface area contributed by atoms with E-state index in [9.17, 15) is 5.11 Å². The number of rotatable bonds is 8. The Balaban J connectivity index is 2.33. The molecule has 0 aromatic heterocycles. The Kier molecular flexibility index (Phi) is 6.50. The smallest absolute Gasteiger partial charge is 0.119 e. The molecule has 114 valence electrons. The fourth-order valence-corrected chi connectivity index (χ4v) is 2.39. The first kappa shape index (κ1) is 17.0. The molecule has 0 aliphatic rings. The van der Waals surface area contributed by atoms with Crippen LogP contribution < -0.4 is 4.74 Å². The first-order valence-electron chi connectivity index (χ1n) is 7.46. The van der Waals surface area contributed by atoms with Gasteiger partial charge in [-0.2, -0.15) is 0 Å². The van der Waals surface area contributed by atoms with Crippen molar-refractivity contribution in [2.75, 3.05) is 26.2 Å².